The van der Waals surface area contributed by atoms with Gasteiger partial charge >= 0.3 is 0 Å². The maximum Gasteiger partial charge on any atom is 0.229 e. The topological polar surface area (TPSA) is 115 Å². The maximum atomic E-state index is 9.03. The van der Waals surface area contributed by atoms with Crippen LogP contribution in [-0.2, 0) is 6.54 Å². The Morgan fingerprint density at radius 3 is 2.41 bits per heavy atom. The molecule has 8 heteroatoms. The molecule has 4 aromatic rings. The number of imidazole rings is 1. The second kappa shape index (κ2) is 10.1. The quantitative estimate of drug-likeness (QED) is 0.373. The predicted octanol–water partition coefficient (Wildman–Crippen LogP) is 5.23. The number of allylic oxidation sites excluding steroid dienone is 1. The first-order valence-corrected chi connectivity index (χ1v) is 10.6. The molecule has 0 fully saturated rings. The first-order chi connectivity index (χ1) is 16.5. The summed E-state index contributed by atoms with van der Waals surface area (Å²) in [5.41, 5.74) is 6.16. The number of anilines is 4. The summed E-state index contributed by atoms with van der Waals surface area (Å²) in [5, 5.41) is 24.5. The minimum absolute atomic E-state index is 0.439. The molecular formula is C26H22N8. The van der Waals surface area contributed by atoms with Gasteiger partial charge in [0.15, 0.2) is 0 Å². The summed E-state index contributed by atoms with van der Waals surface area (Å²) in [5.74, 6) is 1.08. The van der Waals surface area contributed by atoms with Crippen molar-refractivity contribution in [3.8, 4) is 12.1 Å². The van der Waals surface area contributed by atoms with E-state index in [4.69, 9.17) is 10.5 Å². The molecule has 0 aliphatic heterocycles. The smallest absolute Gasteiger partial charge is 0.229 e. The number of nitrogens with one attached hydrogen (secondary N) is 2. The third kappa shape index (κ3) is 5.45. The van der Waals surface area contributed by atoms with Crippen LogP contribution in [0.25, 0.3) is 6.08 Å². The van der Waals surface area contributed by atoms with Crippen molar-refractivity contribution >= 4 is 29.2 Å². The van der Waals surface area contributed by atoms with E-state index in [9.17, 15) is 0 Å². The number of aromatic nitrogens is 4. The van der Waals surface area contributed by atoms with Crippen LogP contribution in [0.3, 0.4) is 0 Å². The zero-order valence-corrected chi connectivity index (χ0v) is 18.8. The van der Waals surface area contributed by atoms with Crippen LogP contribution < -0.4 is 10.6 Å². The number of benzene rings is 2. The fraction of sp³-hybridized carbons (Fsp3) is 0.115. The van der Waals surface area contributed by atoms with E-state index < -0.39 is 0 Å². The Balaban J connectivity index is 1.67. The van der Waals surface area contributed by atoms with Crippen molar-refractivity contribution in [3.63, 3.8) is 0 Å². The van der Waals surface area contributed by atoms with Crippen molar-refractivity contribution < 1.29 is 0 Å². The third-order valence-electron chi connectivity index (χ3n) is 5.11. The highest BCUT2D eigenvalue weighted by molar-refractivity contribution is 5.69. The molecule has 0 amide bonds. The summed E-state index contributed by atoms with van der Waals surface area (Å²) >= 11 is 0. The van der Waals surface area contributed by atoms with Crippen LogP contribution in [0.2, 0.25) is 0 Å². The number of rotatable bonds is 7. The molecule has 166 valence electrons. The van der Waals surface area contributed by atoms with Gasteiger partial charge in [0, 0.05) is 35.9 Å². The Morgan fingerprint density at radius 1 is 1.00 bits per heavy atom. The van der Waals surface area contributed by atoms with Crippen LogP contribution >= 0.6 is 0 Å². The Bertz CT molecular complexity index is 1380. The zero-order valence-electron chi connectivity index (χ0n) is 18.8. The second-order valence-electron chi connectivity index (χ2n) is 7.73. The highest BCUT2D eigenvalue weighted by atomic mass is 15.2. The van der Waals surface area contributed by atoms with Gasteiger partial charge in [-0.25, -0.2) is 9.97 Å². The van der Waals surface area contributed by atoms with E-state index in [0.29, 0.717) is 23.9 Å². The molecule has 0 bridgehead atoms. The molecule has 2 aromatic carbocycles. The first-order valence-electron chi connectivity index (χ1n) is 10.6. The predicted molar refractivity (Wildman–Crippen MR) is 132 cm³/mol. The van der Waals surface area contributed by atoms with Gasteiger partial charge < -0.3 is 15.2 Å². The van der Waals surface area contributed by atoms with E-state index in [-0.39, 0.29) is 0 Å². The maximum absolute atomic E-state index is 9.03. The van der Waals surface area contributed by atoms with Gasteiger partial charge in [0.2, 0.25) is 5.95 Å². The van der Waals surface area contributed by atoms with Gasteiger partial charge in [-0.1, -0.05) is 0 Å². The number of hydrogen-bond acceptors (Lipinski definition) is 7. The van der Waals surface area contributed by atoms with Crippen molar-refractivity contribution in [2.24, 2.45) is 0 Å². The third-order valence-corrected chi connectivity index (χ3v) is 5.11. The minimum Gasteiger partial charge on any atom is -0.340 e. The average molecular weight is 447 g/mol. The van der Waals surface area contributed by atoms with Crippen LogP contribution in [-0.4, -0.2) is 19.5 Å². The SMILES string of the molecule is Cc1cc(/C=C/C#N)cc(C)c1Nc1cc(Cn2ccnc2)nc(Nc2ccc(C#N)cc2)n1. The van der Waals surface area contributed by atoms with Gasteiger partial charge in [-0.15, -0.1) is 0 Å². The van der Waals surface area contributed by atoms with Crippen molar-refractivity contribution in [1.29, 1.82) is 10.5 Å². The molecule has 0 aliphatic rings. The summed E-state index contributed by atoms with van der Waals surface area (Å²) in [6, 6.07) is 17.2. The first kappa shape index (κ1) is 22.3. The molecule has 2 N–H and O–H groups in total. The number of nitrogens with zero attached hydrogens (tertiary/aromatic N) is 6. The molecule has 34 heavy (non-hydrogen) atoms. The fourth-order valence-corrected chi connectivity index (χ4v) is 3.57. The zero-order chi connectivity index (χ0) is 23.9. The Labute approximate surface area is 197 Å². The number of nitriles is 2. The van der Waals surface area contributed by atoms with E-state index in [1.54, 1.807) is 30.7 Å². The fourth-order valence-electron chi connectivity index (χ4n) is 3.57. The van der Waals surface area contributed by atoms with Crippen molar-refractivity contribution in [3.05, 3.63) is 95.2 Å². The summed E-state index contributed by atoms with van der Waals surface area (Å²) in [6.07, 6.45) is 8.60. The molecule has 2 aromatic heterocycles. The second-order valence-corrected chi connectivity index (χ2v) is 7.73. The Kier molecular flexibility index (Phi) is 6.62. The molecule has 0 saturated heterocycles. The van der Waals surface area contributed by atoms with Crippen molar-refractivity contribution in [2.75, 3.05) is 10.6 Å². The minimum atomic E-state index is 0.439. The Morgan fingerprint density at radius 2 is 1.76 bits per heavy atom. The molecule has 0 unspecified atom stereocenters. The van der Waals surface area contributed by atoms with E-state index in [1.807, 2.05) is 61.0 Å². The monoisotopic (exact) mass is 446 g/mol. The standard InChI is InChI=1S/C26H22N8/c1-18-12-21(4-3-9-27)13-19(2)25(18)32-24-14-23(16-34-11-10-29-17-34)31-26(33-24)30-22-7-5-20(15-28)6-8-22/h3-8,10-14,17H,16H2,1-2H3,(H2,30,31,32,33)/b4-3+. The molecule has 0 saturated carbocycles. The molecule has 0 aliphatic carbocycles. The van der Waals surface area contributed by atoms with Crippen molar-refractivity contribution in [1.82, 2.24) is 19.5 Å². The lowest BCUT2D eigenvalue weighted by Gasteiger charge is -2.15. The lowest BCUT2D eigenvalue weighted by molar-refractivity contribution is 0.771. The molecule has 2 heterocycles. The number of aryl methyl sites for hydroxylation is 2. The largest absolute Gasteiger partial charge is 0.340 e. The van der Waals surface area contributed by atoms with Gasteiger partial charge in [0.1, 0.15) is 5.82 Å². The molecule has 0 spiro atoms. The van der Waals surface area contributed by atoms with Gasteiger partial charge in [-0.2, -0.15) is 15.5 Å². The van der Waals surface area contributed by atoms with Gasteiger partial charge in [0.25, 0.3) is 0 Å². The summed E-state index contributed by atoms with van der Waals surface area (Å²) in [7, 11) is 0. The lowest BCUT2D eigenvalue weighted by Crippen LogP contribution is -2.07. The van der Waals surface area contributed by atoms with Crippen LogP contribution in [0.5, 0.6) is 0 Å². The molecule has 0 atom stereocenters. The van der Waals surface area contributed by atoms with E-state index in [1.165, 1.54) is 6.08 Å². The average Bonchev–Trinajstić information content (AvgIpc) is 3.33. The molecule has 0 radical (unpaired) electrons. The Hall–Kier alpha value is -4.95. The lowest BCUT2D eigenvalue weighted by atomic mass is 10.0. The molecule has 8 nitrogen and oxygen atoms in total. The molecular weight excluding hydrogens is 424 g/mol. The highest BCUT2D eigenvalue weighted by Gasteiger charge is 2.10. The van der Waals surface area contributed by atoms with Crippen LogP contribution in [0.1, 0.15) is 27.9 Å². The van der Waals surface area contributed by atoms with Crippen molar-refractivity contribution in [2.45, 2.75) is 20.4 Å². The van der Waals surface area contributed by atoms with Crippen LogP contribution in [0, 0.1) is 36.5 Å². The van der Waals surface area contributed by atoms with Crippen LogP contribution in [0.4, 0.5) is 23.1 Å². The summed E-state index contributed by atoms with van der Waals surface area (Å²) < 4.78 is 1.93. The van der Waals surface area contributed by atoms with Gasteiger partial charge in [-0.3, -0.25) is 0 Å². The van der Waals surface area contributed by atoms with E-state index in [2.05, 4.69) is 31.7 Å². The number of hydrogen-bond donors (Lipinski definition) is 2. The van der Waals surface area contributed by atoms with E-state index in [0.717, 1.165) is 33.8 Å². The van der Waals surface area contributed by atoms with Gasteiger partial charge in [-0.05, 0) is 73.0 Å². The van der Waals surface area contributed by atoms with Gasteiger partial charge in [0.05, 0.1) is 36.3 Å². The normalized spacial score (nSPS) is 10.6. The summed E-state index contributed by atoms with van der Waals surface area (Å²) in [6.45, 7) is 4.57. The highest BCUT2D eigenvalue weighted by Crippen LogP contribution is 2.27. The van der Waals surface area contributed by atoms with Crippen LogP contribution in [0.15, 0.2) is 67.3 Å². The molecule has 4 rings (SSSR count). The van der Waals surface area contributed by atoms with E-state index >= 15 is 0 Å². The summed E-state index contributed by atoms with van der Waals surface area (Å²) in [4.78, 5) is 13.4.